The summed E-state index contributed by atoms with van der Waals surface area (Å²) in [5, 5.41) is 3.49. The van der Waals surface area contributed by atoms with Gasteiger partial charge in [-0.15, -0.1) is 11.3 Å². The van der Waals surface area contributed by atoms with Crippen LogP contribution in [0.5, 0.6) is 0 Å². The van der Waals surface area contributed by atoms with Crippen LogP contribution in [0.2, 0.25) is 0 Å². The van der Waals surface area contributed by atoms with Gasteiger partial charge in [-0.2, -0.15) is 0 Å². The Morgan fingerprint density at radius 3 is 2.20 bits per heavy atom. The maximum Gasteiger partial charge on any atom is 0.124 e. The normalized spacial score (nSPS) is 11.5. The summed E-state index contributed by atoms with van der Waals surface area (Å²) < 4.78 is 3.56. The monoisotopic (exact) mass is 530 g/mol. The molecule has 0 atom stereocenters. The van der Waals surface area contributed by atoms with Crippen molar-refractivity contribution in [3.8, 4) is 38.8 Å². The third kappa shape index (κ3) is 3.79. The van der Waals surface area contributed by atoms with E-state index in [1.807, 2.05) is 24.3 Å². The van der Waals surface area contributed by atoms with E-state index in [1.54, 1.807) is 23.7 Å². The second-order valence-electron chi connectivity index (χ2n) is 9.77. The Morgan fingerprint density at radius 2 is 1.30 bits per heavy atom. The maximum atomic E-state index is 4.99. The Labute approximate surface area is 234 Å². The molecule has 0 unspecified atom stereocenters. The lowest BCUT2D eigenvalue weighted by atomic mass is 10.1. The van der Waals surface area contributed by atoms with Crippen LogP contribution in [0.1, 0.15) is 0 Å². The van der Waals surface area contributed by atoms with E-state index in [-0.39, 0.29) is 0 Å². The van der Waals surface area contributed by atoms with Crippen LogP contribution in [0.15, 0.2) is 134 Å². The highest BCUT2D eigenvalue weighted by Gasteiger charge is 2.15. The van der Waals surface area contributed by atoms with Crippen molar-refractivity contribution < 1.29 is 0 Å². The van der Waals surface area contributed by atoms with Crippen molar-refractivity contribution in [2.45, 2.75) is 0 Å². The van der Waals surface area contributed by atoms with Crippen LogP contribution in [0.25, 0.3) is 70.8 Å². The van der Waals surface area contributed by atoms with Gasteiger partial charge in [-0.3, -0.25) is 4.98 Å². The molecule has 0 aliphatic carbocycles. The minimum Gasteiger partial charge on any atom is -0.309 e. The summed E-state index contributed by atoms with van der Waals surface area (Å²) in [5.41, 5.74) is 9.59. The molecule has 0 radical (unpaired) electrons. The molecule has 0 fully saturated rings. The average molecular weight is 531 g/mol. The van der Waals surface area contributed by atoms with Gasteiger partial charge in [-0.25, -0.2) is 9.97 Å². The fourth-order valence-electron chi connectivity index (χ4n) is 5.46. The summed E-state index contributed by atoms with van der Waals surface area (Å²) in [6.07, 6.45) is 3.60. The lowest BCUT2D eigenvalue weighted by Gasteiger charge is -2.11. The largest absolute Gasteiger partial charge is 0.309 e. The van der Waals surface area contributed by atoms with E-state index in [2.05, 4.69) is 107 Å². The van der Waals surface area contributed by atoms with E-state index in [0.29, 0.717) is 0 Å². The smallest absolute Gasteiger partial charge is 0.124 e. The van der Waals surface area contributed by atoms with Crippen LogP contribution in [-0.2, 0) is 0 Å². The zero-order chi connectivity index (χ0) is 26.5. The second-order valence-corrected chi connectivity index (χ2v) is 10.8. The predicted octanol–water partition coefficient (Wildman–Crippen LogP) is 9.18. The van der Waals surface area contributed by atoms with Crippen LogP contribution in [-0.4, -0.2) is 19.5 Å². The number of para-hydroxylation sites is 2. The standard InChI is InChI=1S/C35H22N4S/c1-3-13-32-27(9-1)28-16-15-25(35-38-31-10-2-4-14-34(31)40-35)22-33(28)39(32)26-8-5-7-24(21-26)30-12-6-11-29(37-30)23-17-19-36-20-18-23/h1-22H. The summed E-state index contributed by atoms with van der Waals surface area (Å²) in [7, 11) is 0. The molecule has 0 amide bonds. The van der Waals surface area contributed by atoms with Gasteiger partial charge >= 0.3 is 0 Å². The van der Waals surface area contributed by atoms with Crippen LogP contribution >= 0.6 is 11.3 Å². The Hall–Kier alpha value is -5.13. The van der Waals surface area contributed by atoms with Crippen LogP contribution in [0.4, 0.5) is 0 Å². The number of benzene rings is 4. The lowest BCUT2D eigenvalue weighted by molar-refractivity contribution is 1.18. The molecule has 188 valence electrons. The first-order chi connectivity index (χ1) is 19.8. The summed E-state index contributed by atoms with van der Waals surface area (Å²) in [6.45, 7) is 0. The minimum absolute atomic E-state index is 0.933. The molecule has 0 saturated carbocycles. The average Bonchev–Trinajstić information content (AvgIpc) is 3.61. The molecular weight excluding hydrogens is 508 g/mol. The van der Waals surface area contributed by atoms with Gasteiger partial charge in [0.15, 0.2) is 0 Å². The number of aromatic nitrogens is 4. The molecule has 0 saturated heterocycles. The summed E-state index contributed by atoms with van der Waals surface area (Å²) in [6, 6.07) is 42.5. The molecule has 0 N–H and O–H groups in total. The molecule has 8 aromatic rings. The molecule has 0 bridgehead atoms. The van der Waals surface area contributed by atoms with Gasteiger partial charge in [-0.1, -0.05) is 60.7 Å². The van der Waals surface area contributed by atoms with Crippen molar-refractivity contribution in [2.75, 3.05) is 0 Å². The predicted molar refractivity (Wildman–Crippen MR) is 166 cm³/mol. The Bertz CT molecular complexity index is 2140. The van der Waals surface area contributed by atoms with E-state index in [9.17, 15) is 0 Å². The molecule has 4 heterocycles. The van der Waals surface area contributed by atoms with Gasteiger partial charge in [0.2, 0.25) is 0 Å². The first-order valence-corrected chi connectivity index (χ1v) is 14.0. The van der Waals surface area contributed by atoms with E-state index >= 15 is 0 Å². The van der Waals surface area contributed by atoms with E-state index < -0.39 is 0 Å². The van der Waals surface area contributed by atoms with E-state index in [0.717, 1.165) is 49.8 Å². The van der Waals surface area contributed by atoms with Crippen LogP contribution in [0.3, 0.4) is 0 Å². The number of nitrogens with zero attached hydrogens (tertiary/aromatic N) is 4. The molecule has 4 aromatic heterocycles. The molecule has 4 aromatic carbocycles. The summed E-state index contributed by atoms with van der Waals surface area (Å²) in [5.74, 6) is 0. The quantitative estimate of drug-likeness (QED) is 0.228. The molecule has 0 aliphatic heterocycles. The van der Waals surface area contributed by atoms with Crippen LogP contribution in [0, 0.1) is 0 Å². The van der Waals surface area contributed by atoms with Crippen molar-refractivity contribution in [2.24, 2.45) is 0 Å². The van der Waals surface area contributed by atoms with Crippen LogP contribution < -0.4 is 0 Å². The molecular formula is C35H22N4S. The first kappa shape index (κ1) is 22.8. The fourth-order valence-corrected chi connectivity index (χ4v) is 6.42. The Balaban J connectivity index is 1.30. The summed E-state index contributed by atoms with van der Waals surface area (Å²) in [4.78, 5) is 14.1. The van der Waals surface area contributed by atoms with Crippen molar-refractivity contribution in [1.82, 2.24) is 19.5 Å². The number of thiazole rings is 1. The number of rotatable bonds is 4. The van der Waals surface area contributed by atoms with Crippen molar-refractivity contribution in [3.05, 3.63) is 134 Å². The SMILES string of the molecule is c1cc(-c2cccc(-c3ccncc3)n2)cc(-n2c3ccccc3c3ccc(-c4nc5ccccc5s4)cc32)c1. The van der Waals surface area contributed by atoms with Crippen molar-refractivity contribution in [1.29, 1.82) is 0 Å². The number of hydrogen-bond donors (Lipinski definition) is 0. The number of pyridine rings is 2. The third-order valence-corrected chi connectivity index (χ3v) is 8.43. The highest BCUT2D eigenvalue weighted by Crippen LogP contribution is 2.37. The minimum atomic E-state index is 0.933. The fraction of sp³-hybridized carbons (Fsp3) is 0. The first-order valence-electron chi connectivity index (χ1n) is 13.2. The zero-order valence-electron chi connectivity index (χ0n) is 21.4. The zero-order valence-corrected chi connectivity index (χ0v) is 22.2. The maximum absolute atomic E-state index is 4.99. The molecule has 4 nitrogen and oxygen atoms in total. The topological polar surface area (TPSA) is 43.6 Å². The van der Waals surface area contributed by atoms with Crippen molar-refractivity contribution >= 4 is 43.4 Å². The van der Waals surface area contributed by atoms with E-state index in [4.69, 9.17) is 9.97 Å². The molecule has 5 heteroatoms. The van der Waals surface area contributed by atoms with Gasteiger partial charge < -0.3 is 4.57 Å². The van der Waals surface area contributed by atoms with Gasteiger partial charge in [0, 0.05) is 45.5 Å². The number of hydrogen-bond acceptors (Lipinski definition) is 4. The second kappa shape index (κ2) is 9.26. The third-order valence-electron chi connectivity index (χ3n) is 7.34. The number of fused-ring (bicyclic) bond motifs is 4. The van der Waals surface area contributed by atoms with Crippen molar-refractivity contribution in [3.63, 3.8) is 0 Å². The summed E-state index contributed by atoms with van der Waals surface area (Å²) >= 11 is 1.73. The van der Waals surface area contributed by atoms with Gasteiger partial charge in [0.25, 0.3) is 0 Å². The lowest BCUT2D eigenvalue weighted by Crippen LogP contribution is -1.95. The highest BCUT2D eigenvalue weighted by molar-refractivity contribution is 7.21. The Morgan fingerprint density at radius 1 is 0.525 bits per heavy atom. The van der Waals surface area contributed by atoms with Gasteiger partial charge in [0.1, 0.15) is 5.01 Å². The molecule has 40 heavy (non-hydrogen) atoms. The Kier molecular flexibility index (Phi) is 5.28. The highest BCUT2D eigenvalue weighted by atomic mass is 32.1. The van der Waals surface area contributed by atoms with E-state index in [1.165, 1.54) is 21.0 Å². The molecule has 8 rings (SSSR count). The molecule has 0 spiro atoms. The van der Waals surface area contributed by atoms with Gasteiger partial charge in [0.05, 0.1) is 32.6 Å². The van der Waals surface area contributed by atoms with Gasteiger partial charge in [-0.05, 0) is 60.7 Å². The molecule has 0 aliphatic rings.